The molecule has 0 atom stereocenters. The second kappa shape index (κ2) is 6.72. The lowest BCUT2D eigenvalue weighted by Crippen LogP contribution is -2.15. The fourth-order valence-corrected chi connectivity index (χ4v) is 2.09. The van der Waals surface area contributed by atoms with Crippen LogP contribution in [0.4, 0.5) is 13.2 Å². The summed E-state index contributed by atoms with van der Waals surface area (Å²) in [6.45, 7) is 3.18. The maximum absolute atomic E-state index is 12.5. The van der Waals surface area contributed by atoms with Gasteiger partial charge in [0.1, 0.15) is 0 Å². The van der Waals surface area contributed by atoms with Gasteiger partial charge in [0.05, 0.1) is 11.3 Å². The monoisotopic (exact) mass is 294 g/mol. The van der Waals surface area contributed by atoms with Gasteiger partial charge in [-0.2, -0.15) is 13.2 Å². The largest absolute Gasteiger partial charge is 0.416 e. The van der Waals surface area contributed by atoms with Crippen molar-refractivity contribution >= 4 is 0 Å². The van der Waals surface area contributed by atoms with Crippen LogP contribution < -0.4 is 5.32 Å². The summed E-state index contributed by atoms with van der Waals surface area (Å²) in [7, 11) is 0. The molecule has 0 aliphatic rings. The molecule has 2 nitrogen and oxygen atoms in total. The van der Waals surface area contributed by atoms with E-state index in [0.29, 0.717) is 13.1 Å². The van der Waals surface area contributed by atoms with Gasteiger partial charge in [-0.25, -0.2) is 0 Å². The predicted molar refractivity (Wildman–Crippen MR) is 75.6 cm³/mol. The van der Waals surface area contributed by atoms with E-state index in [9.17, 15) is 13.2 Å². The number of aryl methyl sites for hydroxylation is 1. The predicted octanol–water partition coefficient (Wildman–Crippen LogP) is 3.95. The van der Waals surface area contributed by atoms with E-state index in [1.165, 1.54) is 17.7 Å². The van der Waals surface area contributed by atoms with Crippen LogP contribution in [-0.4, -0.2) is 4.98 Å². The van der Waals surface area contributed by atoms with Crippen LogP contribution in [0.3, 0.4) is 0 Å². The normalized spacial score (nSPS) is 11.6. The van der Waals surface area contributed by atoms with E-state index in [0.717, 1.165) is 29.8 Å². The Bertz CT molecular complexity index is 577. The number of alkyl halides is 3. The molecular weight excluding hydrogens is 277 g/mol. The first kappa shape index (κ1) is 15.5. The van der Waals surface area contributed by atoms with Gasteiger partial charge in [-0.05, 0) is 35.7 Å². The molecule has 21 heavy (non-hydrogen) atoms. The SMILES string of the molecule is CCc1cccnc1CNCc1ccc(C(F)(F)F)cc1. The topological polar surface area (TPSA) is 24.9 Å². The highest BCUT2D eigenvalue weighted by molar-refractivity contribution is 5.25. The van der Waals surface area contributed by atoms with Crippen molar-refractivity contribution in [2.75, 3.05) is 0 Å². The van der Waals surface area contributed by atoms with Crippen molar-refractivity contribution in [3.63, 3.8) is 0 Å². The van der Waals surface area contributed by atoms with Gasteiger partial charge in [0.25, 0.3) is 0 Å². The Hall–Kier alpha value is -1.88. The van der Waals surface area contributed by atoms with Crippen molar-refractivity contribution in [2.45, 2.75) is 32.6 Å². The molecule has 0 amide bonds. The summed E-state index contributed by atoms with van der Waals surface area (Å²) in [4.78, 5) is 4.32. The first-order chi connectivity index (χ1) is 10.0. The minimum Gasteiger partial charge on any atom is -0.307 e. The molecular formula is C16H17F3N2. The highest BCUT2D eigenvalue weighted by Crippen LogP contribution is 2.29. The first-order valence-electron chi connectivity index (χ1n) is 6.80. The number of pyridine rings is 1. The zero-order valence-electron chi connectivity index (χ0n) is 11.7. The Kier molecular flexibility index (Phi) is 4.96. The molecule has 2 rings (SSSR count). The van der Waals surface area contributed by atoms with Crippen molar-refractivity contribution < 1.29 is 13.2 Å². The highest BCUT2D eigenvalue weighted by atomic mass is 19.4. The second-order valence-corrected chi connectivity index (χ2v) is 4.76. The maximum Gasteiger partial charge on any atom is 0.416 e. The van der Waals surface area contributed by atoms with Crippen molar-refractivity contribution in [1.29, 1.82) is 0 Å². The van der Waals surface area contributed by atoms with Crippen LogP contribution in [0.25, 0.3) is 0 Å². The van der Waals surface area contributed by atoms with Crippen molar-refractivity contribution in [1.82, 2.24) is 10.3 Å². The Labute approximate surface area is 122 Å². The smallest absolute Gasteiger partial charge is 0.307 e. The number of rotatable bonds is 5. The molecule has 0 aliphatic carbocycles. The molecule has 0 bridgehead atoms. The minimum atomic E-state index is -4.28. The zero-order valence-corrected chi connectivity index (χ0v) is 11.7. The van der Waals surface area contributed by atoms with Crippen LogP contribution >= 0.6 is 0 Å². The molecule has 0 spiro atoms. The molecule has 1 aromatic heterocycles. The van der Waals surface area contributed by atoms with Gasteiger partial charge >= 0.3 is 6.18 Å². The molecule has 0 unspecified atom stereocenters. The maximum atomic E-state index is 12.5. The number of hydrogen-bond acceptors (Lipinski definition) is 2. The van der Waals surface area contributed by atoms with Crippen LogP contribution in [0, 0.1) is 0 Å². The molecule has 1 N–H and O–H groups in total. The molecule has 2 aromatic rings. The van der Waals surface area contributed by atoms with Gasteiger partial charge < -0.3 is 5.32 Å². The number of halogens is 3. The lowest BCUT2D eigenvalue weighted by Gasteiger charge is -2.10. The van der Waals surface area contributed by atoms with E-state index in [1.807, 2.05) is 12.1 Å². The van der Waals surface area contributed by atoms with Crippen molar-refractivity contribution in [3.8, 4) is 0 Å². The van der Waals surface area contributed by atoms with E-state index in [4.69, 9.17) is 0 Å². The van der Waals surface area contributed by atoms with Crippen LogP contribution in [0.5, 0.6) is 0 Å². The summed E-state index contributed by atoms with van der Waals surface area (Å²) in [6, 6.07) is 9.13. The lowest BCUT2D eigenvalue weighted by atomic mass is 10.1. The summed E-state index contributed by atoms with van der Waals surface area (Å²) in [5.41, 5.74) is 2.35. The van der Waals surface area contributed by atoms with Crippen LogP contribution in [0.15, 0.2) is 42.6 Å². The molecule has 5 heteroatoms. The lowest BCUT2D eigenvalue weighted by molar-refractivity contribution is -0.137. The number of nitrogens with zero attached hydrogens (tertiary/aromatic N) is 1. The third kappa shape index (κ3) is 4.29. The summed E-state index contributed by atoms with van der Waals surface area (Å²) < 4.78 is 37.4. The number of aromatic nitrogens is 1. The Morgan fingerprint density at radius 3 is 2.38 bits per heavy atom. The van der Waals surface area contributed by atoms with Gasteiger partial charge in [-0.15, -0.1) is 0 Å². The number of benzene rings is 1. The molecule has 0 aliphatic heterocycles. The standard InChI is InChI=1S/C16H17F3N2/c1-2-13-4-3-9-21-15(13)11-20-10-12-5-7-14(8-6-12)16(17,18)19/h3-9,20H,2,10-11H2,1H3. The molecule has 112 valence electrons. The Morgan fingerprint density at radius 2 is 1.76 bits per heavy atom. The molecule has 0 radical (unpaired) electrons. The zero-order chi connectivity index (χ0) is 15.3. The van der Waals surface area contributed by atoms with E-state index in [2.05, 4.69) is 17.2 Å². The van der Waals surface area contributed by atoms with Crippen molar-refractivity contribution in [3.05, 3.63) is 65.0 Å². The highest BCUT2D eigenvalue weighted by Gasteiger charge is 2.29. The van der Waals surface area contributed by atoms with E-state index >= 15 is 0 Å². The van der Waals surface area contributed by atoms with Gasteiger partial charge in [0.15, 0.2) is 0 Å². The first-order valence-corrected chi connectivity index (χ1v) is 6.80. The molecule has 0 saturated heterocycles. The minimum absolute atomic E-state index is 0.512. The third-order valence-electron chi connectivity index (χ3n) is 3.27. The summed E-state index contributed by atoms with van der Waals surface area (Å²) in [5.74, 6) is 0. The van der Waals surface area contributed by atoms with E-state index < -0.39 is 11.7 Å². The fraction of sp³-hybridized carbons (Fsp3) is 0.312. The summed E-state index contributed by atoms with van der Waals surface area (Å²) >= 11 is 0. The quantitative estimate of drug-likeness (QED) is 0.903. The van der Waals surface area contributed by atoms with Gasteiger partial charge in [-0.3, -0.25) is 4.98 Å². The van der Waals surface area contributed by atoms with Gasteiger partial charge in [-0.1, -0.05) is 25.1 Å². The second-order valence-electron chi connectivity index (χ2n) is 4.76. The number of nitrogens with one attached hydrogen (secondary N) is 1. The van der Waals surface area contributed by atoms with E-state index in [1.54, 1.807) is 6.20 Å². The Balaban J connectivity index is 1.92. The molecule has 0 fully saturated rings. The van der Waals surface area contributed by atoms with Crippen LogP contribution in [-0.2, 0) is 25.7 Å². The number of hydrogen-bond donors (Lipinski definition) is 1. The summed E-state index contributed by atoms with van der Waals surface area (Å²) in [6.07, 6.45) is -1.63. The summed E-state index contributed by atoms with van der Waals surface area (Å²) in [5, 5.41) is 3.21. The van der Waals surface area contributed by atoms with Gasteiger partial charge in [0.2, 0.25) is 0 Å². The average molecular weight is 294 g/mol. The third-order valence-corrected chi connectivity index (χ3v) is 3.27. The van der Waals surface area contributed by atoms with Gasteiger partial charge in [0, 0.05) is 19.3 Å². The molecule has 1 aromatic carbocycles. The van der Waals surface area contributed by atoms with Crippen molar-refractivity contribution in [2.24, 2.45) is 0 Å². The molecule has 1 heterocycles. The Morgan fingerprint density at radius 1 is 1.05 bits per heavy atom. The average Bonchev–Trinajstić information content (AvgIpc) is 2.47. The van der Waals surface area contributed by atoms with Crippen LogP contribution in [0.1, 0.15) is 29.3 Å². The fourth-order valence-electron chi connectivity index (χ4n) is 2.09. The van der Waals surface area contributed by atoms with E-state index in [-0.39, 0.29) is 0 Å². The van der Waals surface area contributed by atoms with Crippen LogP contribution in [0.2, 0.25) is 0 Å². The molecule has 0 saturated carbocycles.